The van der Waals surface area contributed by atoms with Crippen LogP contribution in [0.1, 0.15) is 32.1 Å². The number of fused-ring (bicyclic) bond motifs is 2. The highest BCUT2D eigenvalue weighted by atomic mass is 15.2. The molecule has 0 amide bonds. The Morgan fingerprint density at radius 1 is 0.857 bits per heavy atom. The lowest BCUT2D eigenvalue weighted by atomic mass is 9.94. The summed E-state index contributed by atoms with van der Waals surface area (Å²) in [6.45, 7) is 5.33. The number of piperidine rings is 2. The standard InChI is InChI=1S/C12H22N2/c1-2-11-7-10(1)8-14(9-11)12-3-5-13-6-4-12/h10-13H,1-9H2. The molecule has 1 N–H and O–H groups in total. The maximum atomic E-state index is 3.47. The summed E-state index contributed by atoms with van der Waals surface area (Å²) in [4.78, 5) is 2.81. The van der Waals surface area contributed by atoms with Gasteiger partial charge >= 0.3 is 0 Å². The van der Waals surface area contributed by atoms with E-state index in [-0.39, 0.29) is 0 Å². The van der Waals surface area contributed by atoms with Gasteiger partial charge in [-0.3, -0.25) is 4.90 Å². The number of rotatable bonds is 1. The van der Waals surface area contributed by atoms with Gasteiger partial charge in [0.15, 0.2) is 0 Å². The second-order valence-electron chi connectivity index (χ2n) is 5.48. The lowest BCUT2D eigenvalue weighted by molar-refractivity contribution is 0.0971. The van der Waals surface area contributed by atoms with Crippen LogP contribution in [0, 0.1) is 11.8 Å². The maximum absolute atomic E-state index is 3.47. The number of hydrogen-bond acceptors (Lipinski definition) is 2. The van der Waals surface area contributed by atoms with E-state index in [4.69, 9.17) is 0 Å². The largest absolute Gasteiger partial charge is 0.317 e. The van der Waals surface area contributed by atoms with Crippen LogP contribution in [0.5, 0.6) is 0 Å². The molecule has 3 fully saturated rings. The molecule has 2 nitrogen and oxygen atoms in total. The Morgan fingerprint density at radius 3 is 2.14 bits per heavy atom. The van der Waals surface area contributed by atoms with Crippen molar-refractivity contribution in [2.75, 3.05) is 26.2 Å². The fraction of sp³-hybridized carbons (Fsp3) is 1.00. The van der Waals surface area contributed by atoms with E-state index in [0.717, 1.165) is 17.9 Å². The van der Waals surface area contributed by atoms with E-state index < -0.39 is 0 Å². The molecule has 14 heavy (non-hydrogen) atoms. The van der Waals surface area contributed by atoms with Crippen LogP contribution in [-0.4, -0.2) is 37.1 Å². The number of nitrogens with zero attached hydrogens (tertiary/aromatic N) is 1. The SMILES string of the molecule is C1CC(N2CC3CCC(C3)C2)CCN1. The summed E-state index contributed by atoms with van der Waals surface area (Å²) in [5, 5.41) is 3.47. The van der Waals surface area contributed by atoms with Crippen LogP contribution in [0.3, 0.4) is 0 Å². The van der Waals surface area contributed by atoms with Gasteiger partial charge in [0.1, 0.15) is 0 Å². The third kappa shape index (κ3) is 1.70. The molecule has 1 aliphatic carbocycles. The van der Waals surface area contributed by atoms with Gasteiger partial charge in [0.25, 0.3) is 0 Å². The van der Waals surface area contributed by atoms with Crippen molar-refractivity contribution < 1.29 is 0 Å². The van der Waals surface area contributed by atoms with Crippen LogP contribution >= 0.6 is 0 Å². The highest BCUT2D eigenvalue weighted by molar-refractivity contribution is 4.89. The molecule has 2 bridgehead atoms. The molecule has 0 radical (unpaired) electrons. The minimum atomic E-state index is 0.916. The van der Waals surface area contributed by atoms with Gasteiger partial charge in [-0.15, -0.1) is 0 Å². The zero-order valence-corrected chi connectivity index (χ0v) is 9.04. The van der Waals surface area contributed by atoms with Crippen molar-refractivity contribution in [3.05, 3.63) is 0 Å². The lowest BCUT2D eigenvalue weighted by Gasteiger charge is -2.39. The molecule has 0 aromatic heterocycles. The van der Waals surface area contributed by atoms with Gasteiger partial charge in [0.2, 0.25) is 0 Å². The summed E-state index contributed by atoms with van der Waals surface area (Å²) in [7, 11) is 0. The summed E-state index contributed by atoms with van der Waals surface area (Å²) in [6.07, 6.45) is 7.36. The zero-order chi connectivity index (χ0) is 9.38. The summed E-state index contributed by atoms with van der Waals surface area (Å²) >= 11 is 0. The highest BCUT2D eigenvalue weighted by Gasteiger charge is 2.35. The van der Waals surface area contributed by atoms with Crippen molar-refractivity contribution in [2.24, 2.45) is 11.8 Å². The molecule has 2 saturated heterocycles. The van der Waals surface area contributed by atoms with Gasteiger partial charge in [-0.05, 0) is 57.0 Å². The first-order valence-corrected chi connectivity index (χ1v) is 6.36. The smallest absolute Gasteiger partial charge is 0.0120 e. The normalized spacial score (nSPS) is 40.3. The second-order valence-corrected chi connectivity index (χ2v) is 5.48. The maximum Gasteiger partial charge on any atom is 0.0120 e. The van der Waals surface area contributed by atoms with Crippen molar-refractivity contribution in [3.63, 3.8) is 0 Å². The molecule has 3 rings (SSSR count). The predicted molar refractivity (Wildman–Crippen MR) is 58.3 cm³/mol. The summed E-state index contributed by atoms with van der Waals surface area (Å²) in [6, 6.07) is 0.916. The summed E-state index contributed by atoms with van der Waals surface area (Å²) < 4.78 is 0. The molecule has 2 heteroatoms. The van der Waals surface area contributed by atoms with E-state index in [0.29, 0.717) is 0 Å². The average molecular weight is 194 g/mol. The minimum absolute atomic E-state index is 0.916. The molecular weight excluding hydrogens is 172 g/mol. The third-order valence-electron chi connectivity index (χ3n) is 4.46. The van der Waals surface area contributed by atoms with Gasteiger partial charge in [-0.2, -0.15) is 0 Å². The quantitative estimate of drug-likeness (QED) is 0.680. The average Bonchev–Trinajstić information content (AvgIpc) is 2.59. The fourth-order valence-electron chi connectivity index (χ4n) is 3.72. The highest BCUT2D eigenvalue weighted by Crippen LogP contribution is 2.37. The topological polar surface area (TPSA) is 15.3 Å². The fourth-order valence-corrected chi connectivity index (χ4v) is 3.72. The Kier molecular flexibility index (Phi) is 2.50. The van der Waals surface area contributed by atoms with Crippen molar-refractivity contribution in [1.82, 2.24) is 10.2 Å². The molecule has 2 unspecified atom stereocenters. The molecule has 2 atom stereocenters. The molecule has 2 heterocycles. The van der Waals surface area contributed by atoms with Crippen LogP contribution in [0.4, 0.5) is 0 Å². The lowest BCUT2D eigenvalue weighted by Crippen LogP contribution is -2.48. The Bertz CT molecular complexity index is 186. The second kappa shape index (κ2) is 3.82. The van der Waals surface area contributed by atoms with Crippen molar-refractivity contribution in [1.29, 1.82) is 0 Å². The van der Waals surface area contributed by atoms with E-state index in [1.807, 2.05) is 0 Å². The van der Waals surface area contributed by atoms with Gasteiger partial charge in [-0.25, -0.2) is 0 Å². The van der Waals surface area contributed by atoms with E-state index in [9.17, 15) is 0 Å². The van der Waals surface area contributed by atoms with Crippen LogP contribution in [0.25, 0.3) is 0 Å². The zero-order valence-electron chi connectivity index (χ0n) is 9.04. The van der Waals surface area contributed by atoms with E-state index in [1.165, 1.54) is 51.9 Å². The first-order chi connectivity index (χ1) is 6.92. The molecule has 0 aromatic rings. The Labute approximate surface area is 87.0 Å². The van der Waals surface area contributed by atoms with Crippen LogP contribution in [0.2, 0.25) is 0 Å². The van der Waals surface area contributed by atoms with Crippen molar-refractivity contribution in [2.45, 2.75) is 38.1 Å². The van der Waals surface area contributed by atoms with Gasteiger partial charge in [-0.1, -0.05) is 0 Å². The molecule has 2 aliphatic heterocycles. The monoisotopic (exact) mass is 194 g/mol. The first kappa shape index (κ1) is 9.17. The van der Waals surface area contributed by atoms with E-state index in [2.05, 4.69) is 10.2 Å². The summed E-state index contributed by atoms with van der Waals surface area (Å²) in [5.41, 5.74) is 0. The molecule has 0 spiro atoms. The Hall–Kier alpha value is -0.0800. The number of hydrogen-bond donors (Lipinski definition) is 1. The molecule has 3 aliphatic rings. The molecule has 1 saturated carbocycles. The van der Waals surface area contributed by atoms with Gasteiger partial charge < -0.3 is 5.32 Å². The third-order valence-corrected chi connectivity index (χ3v) is 4.46. The van der Waals surface area contributed by atoms with Gasteiger partial charge in [0.05, 0.1) is 0 Å². The van der Waals surface area contributed by atoms with Crippen LogP contribution in [0.15, 0.2) is 0 Å². The van der Waals surface area contributed by atoms with E-state index >= 15 is 0 Å². The minimum Gasteiger partial charge on any atom is -0.317 e. The molecule has 0 aromatic carbocycles. The van der Waals surface area contributed by atoms with Crippen molar-refractivity contribution >= 4 is 0 Å². The molecule has 80 valence electrons. The van der Waals surface area contributed by atoms with Crippen LogP contribution < -0.4 is 5.32 Å². The van der Waals surface area contributed by atoms with Crippen LogP contribution in [-0.2, 0) is 0 Å². The van der Waals surface area contributed by atoms with Gasteiger partial charge in [0, 0.05) is 19.1 Å². The predicted octanol–water partition coefficient (Wildman–Crippen LogP) is 1.47. The first-order valence-electron chi connectivity index (χ1n) is 6.36. The Balaban J connectivity index is 1.61. The van der Waals surface area contributed by atoms with E-state index in [1.54, 1.807) is 6.42 Å². The Morgan fingerprint density at radius 2 is 1.50 bits per heavy atom. The van der Waals surface area contributed by atoms with Crippen molar-refractivity contribution in [3.8, 4) is 0 Å². The molecular formula is C12H22N2. The number of likely N-dealkylation sites (tertiary alicyclic amines) is 1. The number of nitrogens with one attached hydrogen (secondary N) is 1. The summed E-state index contributed by atoms with van der Waals surface area (Å²) in [5.74, 6) is 2.12.